The normalized spacial score (nSPS) is 14.6. The van der Waals surface area contributed by atoms with Crippen LogP contribution in [-0.2, 0) is 13.5 Å². The van der Waals surface area contributed by atoms with E-state index in [1.54, 1.807) is 0 Å². The quantitative estimate of drug-likeness (QED) is 0.842. The van der Waals surface area contributed by atoms with E-state index in [-0.39, 0.29) is 5.78 Å². The number of aromatic nitrogens is 2. The molecule has 0 N–H and O–H groups in total. The predicted octanol–water partition coefficient (Wildman–Crippen LogP) is 2.06. The number of rotatable bonds is 3. The summed E-state index contributed by atoms with van der Waals surface area (Å²) < 4.78 is 1.82. The minimum Gasteiger partial charge on any atom is -0.370 e. The van der Waals surface area contributed by atoms with Crippen LogP contribution in [0.15, 0.2) is 36.7 Å². The van der Waals surface area contributed by atoms with E-state index in [9.17, 15) is 4.79 Å². The molecule has 19 heavy (non-hydrogen) atoms. The Balaban J connectivity index is 1.76. The molecule has 0 atom stereocenters. The van der Waals surface area contributed by atoms with Crippen molar-refractivity contribution in [2.75, 3.05) is 18.0 Å². The van der Waals surface area contributed by atoms with Gasteiger partial charge in [-0.2, -0.15) is 5.10 Å². The van der Waals surface area contributed by atoms with Gasteiger partial charge in [-0.05, 0) is 24.1 Å². The van der Waals surface area contributed by atoms with E-state index >= 15 is 0 Å². The van der Waals surface area contributed by atoms with Crippen molar-refractivity contribution in [3.63, 3.8) is 0 Å². The maximum atomic E-state index is 11.9. The summed E-state index contributed by atoms with van der Waals surface area (Å²) in [7, 11) is 1.93. The molecule has 0 amide bonds. The van der Waals surface area contributed by atoms with Gasteiger partial charge in [-0.15, -0.1) is 0 Å². The van der Waals surface area contributed by atoms with Crippen LogP contribution in [0, 0.1) is 0 Å². The monoisotopic (exact) mass is 255 g/mol. The van der Waals surface area contributed by atoms with E-state index in [0.717, 1.165) is 30.8 Å². The number of benzene rings is 1. The molecule has 3 rings (SSSR count). The molecule has 4 heteroatoms. The molecule has 0 saturated carbocycles. The van der Waals surface area contributed by atoms with Crippen molar-refractivity contribution in [1.82, 2.24) is 9.78 Å². The van der Waals surface area contributed by atoms with Crippen LogP contribution in [0.4, 0.5) is 5.69 Å². The summed E-state index contributed by atoms with van der Waals surface area (Å²) in [6, 6.07) is 7.89. The van der Waals surface area contributed by atoms with Gasteiger partial charge in [0, 0.05) is 44.0 Å². The second kappa shape index (κ2) is 4.88. The van der Waals surface area contributed by atoms with Gasteiger partial charge in [-0.25, -0.2) is 0 Å². The number of nitrogens with zero attached hydrogens (tertiary/aromatic N) is 3. The molecule has 0 radical (unpaired) electrons. The van der Waals surface area contributed by atoms with Gasteiger partial charge < -0.3 is 4.90 Å². The SMILES string of the molecule is Cn1cc(CCN2CCC(=O)c3ccccc32)cn1. The van der Waals surface area contributed by atoms with E-state index in [2.05, 4.69) is 10.00 Å². The van der Waals surface area contributed by atoms with Crippen LogP contribution < -0.4 is 4.90 Å². The summed E-state index contributed by atoms with van der Waals surface area (Å²) >= 11 is 0. The lowest BCUT2D eigenvalue weighted by Crippen LogP contribution is -2.33. The van der Waals surface area contributed by atoms with Gasteiger partial charge in [-0.1, -0.05) is 12.1 Å². The highest BCUT2D eigenvalue weighted by atomic mass is 16.1. The number of ketones is 1. The third kappa shape index (κ3) is 2.38. The number of hydrogen-bond acceptors (Lipinski definition) is 3. The second-order valence-electron chi connectivity index (χ2n) is 4.95. The molecule has 0 aliphatic carbocycles. The average Bonchev–Trinajstić information content (AvgIpc) is 2.84. The number of Topliss-reactive ketones (excluding diaryl/α,β-unsaturated/α-hetero) is 1. The number of carbonyl (C=O) groups is 1. The minimum absolute atomic E-state index is 0.258. The highest BCUT2D eigenvalue weighted by molar-refractivity contribution is 6.03. The molecule has 1 aromatic carbocycles. The highest BCUT2D eigenvalue weighted by Gasteiger charge is 2.21. The fraction of sp³-hybridized carbons (Fsp3) is 0.333. The van der Waals surface area contributed by atoms with Crippen molar-refractivity contribution >= 4 is 11.5 Å². The van der Waals surface area contributed by atoms with Crippen molar-refractivity contribution in [1.29, 1.82) is 0 Å². The van der Waals surface area contributed by atoms with Crippen LogP contribution >= 0.6 is 0 Å². The summed E-state index contributed by atoms with van der Waals surface area (Å²) in [5.41, 5.74) is 3.17. The average molecular weight is 255 g/mol. The lowest BCUT2D eigenvalue weighted by Gasteiger charge is -2.30. The van der Waals surface area contributed by atoms with Gasteiger partial charge >= 0.3 is 0 Å². The summed E-state index contributed by atoms with van der Waals surface area (Å²) in [5.74, 6) is 0.258. The van der Waals surface area contributed by atoms with Gasteiger partial charge in [0.1, 0.15) is 0 Å². The number of aryl methyl sites for hydroxylation is 1. The molecule has 0 unspecified atom stereocenters. The number of hydrogen-bond donors (Lipinski definition) is 0. The van der Waals surface area contributed by atoms with Crippen LogP contribution in [-0.4, -0.2) is 28.7 Å². The molecular formula is C15H17N3O. The lowest BCUT2D eigenvalue weighted by atomic mass is 10.00. The van der Waals surface area contributed by atoms with Crippen molar-refractivity contribution in [3.05, 3.63) is 47.8 Å². The summed E-state index contributed by atoms with van der Waals surface area (Å²) in [6.45, 7) is 1.74. The zero-order chi connectivity index (χ0) is 13.2. The number of para-hydroxylation sites is 1. The largest absolute Gasteiger partial charge is 0.370 e. The molecule has 2 aromatic rings. The first-order valence-corrected chi connectivity index (χ1v) is 6.59. The smallest absolute Gasteiger partial charge is 0.166 e. The fourth-order valence-electron chi connectivity index (χ4n) is 2.57. The zero-order valence-electron chi connectivity index (χ0n) is 11.0. The highest BCUT2D eigenvalue weighted by Crippen LogP contribution is 2.26. The third-order valence-corrected chi connectivity index (χ3v) is 3.58. The van der Waals surface area contributed by atoms with Crippen LogP contribution in [0.3, 0.4) is 0 Å². The molecule has 0 saturated heterocycles. The fourth-order valence-corrected chi connectivity index (χ4v) is 2.57. The lowest BCUT2D eigenvalue weighted by molar-refractivity contribution is 0.0980. The second-order valence-corrected chi connectivity index (χ2v) is 4.95. The van der Waals surface area contributed by atoms with Crippen LogP contribution in [0.5, 0.6) is 0 Å². The van der Waals surface area contributed by atoms with E-state index < -0.39 is 0 Å². The van der Waals surface area contributed by atoms with E-state index in [1.807, 2.05) is 48.4 Å². The number of carbonyl (C=O) groups excluding carboxylic acids is 1. The molecule has 0 spiro atoms. The van der Waals surface area contributed by atoms with Crippen LogP contribution in [0.1, 0.15) is 22.3 Å². The zero-order valence-corrected chi connectivity index (χ0v) is 11.0. The van der Waals surface area contributed by atoms with E-state index in [4.69, 9.17) is 0 Å². The predicted molar refractivity (Wildman–Crippen MR) is 74.5 cm³/mol. The minimum atomic E-state index is 0.258. The Morgan fingerprint density at radius 2 is 2.16 bits per heavy atom. The topological polar surface area (TPSA) is 38.1 Å². The maximum Gasteiger partial charge on any atom is 0.166 e. The number of anilines is 1. The Morgan fingerprint density at radius 1 is 1.32 bits per heavy atom. The number of fused-ring (bicyclic) bond motifs is 1. The summed E-state index contributed by atoms with van der Waals surface area (Å²) in [4.78, 5) is 14.2. The van der Waals surface area contributed by atoms with Gasteiger partial charge in [0.25, 0.3) is 0 Å². The molecular weight excluding hydrogens is 238 g/mol. The third-order valence-electron chi connectivity index (χ3n) is 3.58. The summed E-state index contributed by atoms with van der Waals surface area (Å²) in [5, 5.41) is 4.18. The van der Waals surface area contributed by atoms with E-state index in [1.165, 1.54) is 5.56 Å². The molecule has 0 fully saturated rings. The first-order chi connectivity index (χ1) is 9.24. The molecule has 98 valence electrons. The maximum absolute atomic E-state index is 11.9. The first kappa shape index (κ1) is 12.0. The van der Waals surface area contributed by atoms with Gasteiger partial charge in [0.2, 0.25) is 0 Å². The first-order valence-electron chi connectivity index (χ1n) is 6.59. The molecule has 1 aliphatic heterocycles. The van der Waals surface area contributed by atoms with Gasteiger partial charge in [-0.3, -0.25) is 9.48 Å². The van der Waals surface area contributed by atoms with Crippen LogP contribution in [0.25, 0.3) is 0 Å². The van der Waals surface area contributed by atoms with Crippen molar-refractivity contribution in [2.45, 2.75) is 12.8 Å². The van der Waals surface area contributed by atoms with Crippen molar-refractivity contribution < 1.29 is 4.79 Å². The van der Waals surface area contributed by atoms with Crippen molar-refractivity contribution in [2.24, 2.45) is 7.05 Å². The Bertz CT molecular complexity index is 603. The summed E-state index contributed by atoms with van der Waals surface area (Å²) in [6.07, 6.45) is 5.52. The van der Waals surface area contributed by atoms with Gasteiger partial charge in [0.15, 0.2) is 5.78 Å². The standard InChI is InChI=1S/C15H17N3O/c1-17-11-12(10-16-17)6-8-18-9-7-15(19)13-4-2-3-5-14(13)18/h2-5,10-11H,6-9H2,1H3. The molecule has 1 aromatic heterocycles. The van der Waals surface area contributed by atoms with Crippen molar-refractivity contribution in [3.8, 4) is 0 Å². The molecule has 2 heterocycles. The molecule has 1 aliphatic rings. The Morgan fingerprint density at radius 3 is 2.95 bits per heavy atom. The molecule has 0 bridgehead atoms. The Kier molecular flexibility index (Phi) is 3.07. The molecule has 4 nitrogen and oxygen atoms in total. The van der Waals surface area contributed by atoms with Crippen LogP contribution in [0.2, 0.25) is 0 Å². The Labute approximate surface area is 112 Å². The van der Waals surface area contributed by atoms with E-state index in [0.29, 0.717) is 6.42 Å². The Hall–Kier alpha value is -2.10. The van der Waals surface area contributed by atoms with Gasteiger partial charge in [0.05, 0.1) is 6.20 Å².